The van der Waals surface area contributed by atoms with Gasteiger partial charge in [0.05, 0.1) is 11.2 Å². The maximum atomic E-state index is 12.1. The van der Waals surface area contributed by atoms with Gasteiger partial charge in [-0.2, -0.15) is 8.78 Å². The molecule has 0 radical (unpaired) electrons. The quantitative estimate of drug-likeness (QED) is 0.788. The number of hydrogen-bond donors (Lipinski definition) is 0. The molecule has 0 unspecified atom stereocenters. The van der Waals surface area contributed by atoms with Crippen LogP contribution in [-0.2, 0) is 9.31 Å². The fraction of sp³-hybridized carbons (Fsp3) is 0.467. The van der Waals surface area contributed by atoms with Gasteiger partial charge >= 0.3 is 13.7 Å². The van der Waals surface area contributed by atoms with Gasteiger partial charge < -0.3 is 14.0 Å². The molecule has 0 aliphatic carbocycles. The van der Waals surface area contributed by atoms with Gasteiger partial charge in [-0.1, -0.05) is 18.7 Å². The van der Waals surface area contributed by atoms with Crippen LogP contribution in [0.3, 0.4) is 0 Å². The van der Waals surface area contributed by atoms with Crippen LogP contribution in [-0.4, -0.2) is 24.9 Å². The molecule has 1 aromatic carbocycles. The lowest BCUT2D eigenvalue weighted by Crippen LogP contribution is -2.41. The van der Waals surface area contributed by atoms with E-state index in [-0.39, 0.29) is 5.75 Å². The molecule has 1 fully saturated rings. The Hall–Kier alpha value is -1.40. The van der Waals surface area contributed by atoms with Crippen molar-refractivity contribution >= 4 is 12.6 Å². The second kappa shape index (κ2) is 5.42. The number of alkyl halides is 2. The highest BCUT2D eigenvalue weighted by atomic mass is 19.3. The Morgan fingerprint density at radius 2 is 1.57 bits per heavy atom. The molecule has 6 heteroatoms. The number of halogens is 2. The zero-order chi connectivity index (χ0) is 15.8. The molecule has 1 aliphatic rings. The largest absolute Gasteiger partial charge is 0.494 e. The van der Waals surface area contributed by atoms with E-state index in [0.717, 1.165) is 5.56 Å². The predicted octanol–water partition coefficient (Wildman–Crippen LogP) is 3.93. The molecule has 0 atom stereocenters. The Labute approximate surface area is 124 Å². The Kier molecular flexibility index (Phi) is 4.13. The molecule has 21 heavy (non-hydrogen) atoms. The average molecular weight is 296 g/mol. The lowest BCUT2D eigenvalue weighted by molar-refractivity contribution is -0.0498. The molecule has 1 heterocycles. The molecule has 0 spiro atoms. The van der Waals surface area contributed by atoms with Crippen molar-refractivity contribution in [3.05, 3.63) is 36.4 Å². The first-order valence-electron chi connectivity index (χ1n) is 6.72. The van der Waals surface area contributed by atoms with E-state index >= 15 is 0 Å². The monoisotopic (exact) mass is 296 g/mol. The summed E-state index contributed by atoms with van der Waals surface area (Å²) in [5, 5.41) is 0. The molecule has 1 saturated heterocycles. The highest BCUT2D eigenvalue weighted by molar-refractivity contribution is 6.68. The normalized spacial score (nSPS) is 19.9. The summed E-state index contributed by atoms with van der Waals surface area (Å²) >= 11 is 0. The summed E-state index contributed by atoms with van der Waals surface area (Å²) in [5.74, 6) is 0.107. The Morgan fingerprint density at radius 1 is 1.10 bits per heavy atom. The van der Waals surface area contributed by atoms with Gasteiger partial charge in [0.1, 0.15) is 5.75 Å². The molecule has 1 aromatic rings. The molecule has 0 amide bonds. The Morgan fingerprint density at radius 3 is 2.00 bits per heavy atom. The first-order chi connectivity index (χ1) is 9.62. The van der Waals surface area contributed by atoms with E-state index < -0.39 is 24.9 Å². The van der Waals surface area contributed by atoms with E-state index in [1.165, 1.54) is 12.1 Å². The van der Waals surface area contributed by atoms with Gasteiger partial charge in [0.2, 0.25) is 0 Å². The summed E-state index contributed by atoms with van der Waals surface area (Å²) in [6, 6.07) is 6.26. The molecule has 114 valence electrons. The van der Waals surface area contributed by atoms with Gasteiger partial charge in [0.15, 0.2) is 0 Å². The van der Waals surface area contributed by atoms with Crippen molar-refractivity contribution in [3.8, 4) is 5.75 Å². The van der Waals surface area contributed by atoms with Crippen LogP contribution >= 0.6 is 0 Å². The lowest BCUT2D eigenvalue weighted by Gasteiger charge is -2.32. The van der Waals surface area contributed by atoms with Crippen molar-refractivity contribution in [1.82, 2.24) is 0 Å². The highest BCUT2D eigenvalue weighted by Gasteiger charge is 2.52. The SMILES string of the molecule is C=C(B1OC(C)(C)C(C)(C)O1)c1ccc(OC(F)F)cc1. The van der Waals surface area contributed by atoms with E-state index in [1.54, 1.807) is 12.1 Å². The first-order valence-corrected chi connectivity index (χ1v) is 6.72. The number of rotatable bonds is 4. The van der Waals surface area contributed by atoms with Gasteiger partial charge in [-0.15, -0.1) is 0 Å². The molecule has 0 N–H and O–H groups in total. The average Bonchev–Trinajstić information content (AvgIpc) is 2.58. The highest BCUT2D eigenvalue weighted by Crippen LogP contribution is 2.40. The molecule has 0 saturated carbocycles. The zero-order valence-electron chi connectivity index (χ0n) is 12.7. The van der Waals surface area contributed by atoms with E-state index in [9.17, 15) is 8.78 Å². The maximum Gasteiger partial charge on any atom is 0.494 e. The smallest absolute Gasteiger partial charge is 0.435 e. The second-order valence-corrected chi connectivity index (χ2v) is 6.02. The third-order valence-corrected chi connectivity index (χ3v) is 3.99. The van der Waals surface area contributed by atoms with Crippen LogP contribution in [0.4, 0.5) is 8.78 Å². The van der Waals surface area contributed by atoms with Crippen molar-refractivity contribution in [2.45, 2.75) is 45.5 Å². The van der Waals surface area contributed by atoms with Crippen LogP contribution in [0, 0.1) is 0 Å². The van der Waals surface area contributed by atoms with Crippen molar-refractivity contribution in [2.24, 2.45) is 0 Å². The van der Waals surface area contributed by atoms with Crippen molar-refractivity contribution in [3.63, 3.8) is 0 Å². The summed E-state index contributed by atoms with van der Waals surface area (Å²) < 4.78 is 40.4. The summed E-state index contributed by atoms with van der Waals surface area (Å²) in [7, 11) is -0.558. The first kappa shape index (κ1) is 16.0. The van der Waals surface area contributed by atoms with Crippen LogP contribution in [0.15, 0.2) is 30.8 Å². The Balaban J connectivity index is 2.11. The van der Waals surface area contributed by atoms with Crippen molar-refractivity contribution in [1.29, 1.82) is 0 Å². The summed E-state index contributed by atoms with van der Waals surface area (Å²) in [6.07, 6.45) is 0. The van der Waals surface area contributed by atoms with Gasteiger partial charge in [0, 0.05) is 0 Å². The lowest BCUT2D eigenvalue weighted by atomic mass is 9.75. The van der Waals surface area contributed by atoms with Gasteiger partial charge in [0.25, 0.3) is 0 Å². The summed E-state index contributed by atoms with van der Waals surface area (Å²) in [6.45, 7) is 8.99. The molecule has 1 aliphatic heterocycles. The van der Waals surface area contributed by atoms with E-state index in [4.69, 9.17) is 9.31 Å². The number of ether oxygens (including phenoxy) is 1. The molecular weight excluding hydrogens is 277 g/mol. The number of hydrogen-bond acceptors (Lipinski definition) is 3. The third-order valence-electron chi connectivity index (χ3n) is 3.99. The maximum absolute atomic E-state index is 12.1. The van der Waals surface area contributed by atoms with Gasteiger partial charge in [-0.25, -0.2) is 0 Å². The third kappa shape index (κ3) is 3.27. The fourth-order valence-electron chi connectivity index (χ4n) is 1.97. The zero-order valence-corrected chi connectivity index (χ0v) is 12.7. The number of benzene rings is 1. The second-order valence-electron chi connectivity index (χ2n) is 6.02. The van der Waals surface area contributed by atoms with E-state index in [1.807, 2.05) is 27.7 Å². The summed E-state index contributed by atoms with van der Waals surface area (Å²) in [5.41, 5.74) is 0.519. The molecule has 0 bridgehead atoms. The topological polar surface area (TPSA) is 27.7 Å². The van der Waals surface area contributed by atoms with Crippen molar-refractivity contribution < 1.29 is 22.8 Å². The van der Waals surface area contributed by atoms with Crippen LogP contribution in [0.25, 0.3) is 5.47 Å². The Bertz CT molecular complexity index is 510. The standard InChI is InChI=1S/C15H19BF2O3/c1-10(16-20-14(2,3)15(4,5)21-16)11-6-8-12(9-7-11)19-13(17)18/h6-9,13H,1H2,2-5H3. The molecule has 3 nitrogen and oxygen atoms in total. The van der Waals surface area contributed by atoms with Crippen LogP contribution in [0.2, 0.25) is 0 Å². The van der Waals surface area contributed by atoms with Gasteiger partial charge in [-0.3, -0.25) is 0 Å². The molecule has 2 rings (SSSR count). The van der Waals surface area contributed by atoms with Crippen LogP contribution < -0.4 is 4.74 Å². The van der Waals surface area contributed by atoms with Crippen molar-refractivity contribution in [2.75, 3.05) is 0 Å². The van der Waals surface area contributed by atoms with E-state index in [0.29, 0.717) is 5.47 Å². The minimum absolute atomic E-state index is 0.107. The minimum Gasteiger partial charge on any atom is -0.435 e. The molecular formula is C15H19BF2O3. The summed E-state index contributed by atoms with van der Waals surface area (Å²) in [4.78, 5) is 0. The molecule has 0 aromatic heterocycles. The predicted molar refractivity (Wildman–Crippen MR) is 78.2 cm³/mol. The van der Waals surface area contributed by atoms with Crippen LogP contribution in [0.5, 0.6) is 5.75 Å². The van der Waals surface area contributed by atoms with E-state index in [2.05, 4.69) is 11.3 Å². The minimum atomic E-state index is -2.83. The van der Waals surface area contributed by atoms with Crippen LogP contribution in [0.1, 0.15) is 33.3 Å². The van der Waals surface area contributed by atoms with Gasteiger partial charge in [-0.05, 0) is 50.9 Å². The fourth-order valence-corrected chi connectivity index (χ4v) is 1.97.